The number of benzene rings is 1. The van der Waals surface area contributed by atoms with E-state index < -0.39 is 5.54 Å². The zero-order chi connectivity index (χ0) is 15.7. The van der Waals surface area contributed by atoms with Crippen molar-refractivity contribution in [2.45, 2.75) is 50.2 Å². The maximum atomic E-state index is 12.7. The van der Waals surface area contributed by atoms with E-state index in [4.69, 9.17) is 5.73 Å². The number of carbonyl (C=O) groups is 1. The average molecular weight is 366 g/mol. The van der Waals surface area contributed by atoms with Gasteiger partial charge in [-0.25, -0.2) is 0 Å². The molecule has 0 bridgehead atoms. The second-order valence-electron chi connectivity index (χ2n) is 6.68. The molecule has 3 atom stereocenters. The molecule has 0 saturated carbocycles. The summed E-state index contributed by atoms with van der Waals surface area (Å²) in [5.41, 5.74) is 6.18. The SMILES string of the molecule is CC(N)(C(=O)NC1CCN2CCCCC12)c1ccc(Br)cc1. The molecule has 22 heavy (non-hydrogen) atoms. The molecular weight excluding hydrogens is 342 g/mol. The van der Waals surface area contributed by atoms with Gasteiger partial charge in [-0.2, -0.15) is 0 Å². The topological polar surface area (TPSA) is 58.4 Å². The third-order valence-corrected chi connectivity index (χ3v) is 5.62. The Morgan fingerprint density at radius 3 is 2.73 bits per heavy atom. The van der Waals surface area contributed by atoms with Crippen molar-refractivity contribution >= 4 is 21.8 Å². The van der Waals surface area contributed by atoms with Crippen molar-refractivity contribution < 1.29 is 4.79 Å². The summed E-state index contributed by atoms with van der Waals surface area (Å²) >= 11 is 3.41. The highest BCUT2D eigenvalue weighted by atomic mass is 79.9. The van der Waals surface area contributed by atoms with Crippen LogP contribution in [0, 0.1) is 0 Å². The number of carbonyl (C=O) groups excluding carboxylic acids is 1. The van der Waals surface area contributed by atoms with E-state index in [-0.39, 0.29) is 11.9 Å². The first-order chi connectivity index (χ1) is 10.5. The summed E-state index contributed by atoms with van der Waals surface area (Å²) in [6, 6.07) is 8.40. The number of nitrogens with one attached hydrogen (secondary N) is 1. The van der Waals surface area contributed by atoms with Gasteiger partial charge in [0.05, 0.1) is 0 Å². The lowest BCUT2D eigenvalue weighted by Gasteiger charge is -2.34. The van der Waals surface area contributed by atoms with Gasteiger partial charge in [-0.05, 0) is 50.4 Å². The number of nitrogens with zero attached hydrogens (tertiary/aromatic N) is 1. The molecule has 0 aromatic heterocycles. The minimum Gasteiger partial charge on any atom is -0.350 e. The van der Waals surface area contributed by atoms with Gasteiger partial charge in [0.2, 0.25) is 5.91 Å². The molecule has 2 fully saturated rings. The number of hydrogen-bond acceptors (Lipinski definition) is 3. The molecule has 2 aliphatic heterocycles. The predicted octanol–water partition coefficient (Wildman–Crippen LogP) is 2.37. The Kier molecular flexibility index (Phi) is 4.57. The molecule has 3 rings (SSSR count). The third-order valence-electron chi connectivity index (χ3n) is 5.09. The van der Waals surface area contributed by atoms with Gasteiger partial charge < -0.3 is 11.1 Å². The number of amides is 1. The molecule has 4 nitrogen and oxygen atoms in total. The largest absolute Gasteiger partial charge is 0.350 e. The quantitative estimate of drug-likeness (QED) is 0.864. The highest BCUT2D eigenvalue weighted by Gasteiger charge is 2.39. The van der Waals surface area contributed by atoms with E-state index in [2.05, 4.69) is 26.1 Å². The normalized spacial score (nSPS) is 28.0. The number of halogens is 1. The van der Waals surface area contributed by atoms with E-state index in [1.165, 1.54) is 25.8 Å². The van der Waals surface area contributed by atoms with E-state index in [0.717, 1.165) is 23.0 Å². The molecule has 0 spiro atoms. The summed E-state index contributed by atoms with van der Waals surface area (Å²) in [7, 11) is 0. The molecule has 0 radical (unpaired) electrons. The Hall–Kier alpha value is -0.910. The molecule has 3 unspecified atom stereocenters. The van der Waals surface area contributed by atoms with Crippen molar-refractivity contribution in [2.75, 3.05) is 13.1 Å². The molecule has 0 aliphatic carbocycles. The first kappa shape index (κ1) is 16.0. The molecule has 1 aromatic rings. The summed E-state index contributed by atoms with van der Waals surface area (Å²) in [6.07, 6.45) is 4.77. The number of rotatable bonds is 3. The maximum absolute atomic E-state index is 12.7. The Morgan fingerprint density at radius 1 is 1.27 bits per heavy atom. The van der Waals surface area contributed by atoms with Crippen molar-refractivity contribution in [1.29, 1.82) is 0 Å². The lowest BCUT2D eigenvalue weighted by atomic mass is 9.91. The molecular formula is C17H24BrN3O. The van der Waals surface area contributed by atoms with Crippen molar-refractivity contribution in [3.05, 3.63) is 34.3 Å². The monoisotopic (exact) mass is 365 g/mol. The van der Waals surface area contributed by atoms with Crippen LogP contribution in [0.3, 0.4) is 0 Å². The maximum Gasteiger partial charge on any atom is 0.244 e. The molecule has 1 amide bonds. The van der Waals surface area contributed by atoms with Crippen LogP contribution in [0.5, 0.6) is 0 Å². The number of hydrogen-bond donors (Lipinski definition) is 2. The fourth-order valence-electron chi connectivity index (χ4n) is 3.66. The third kappa shape index (κ3) is 3.07. The lowest BCUT2D eigenvalue weighted by molar-refractivity contribution is -0.127. The van der Waals surface area contributed by atoms with Gasteiger partial charge in [-0.15, -0.1) is 0 Å². The summed E-state index contributed by atoms with van der Waals surface area (Å²) in [5, 5.41) is 3.21. The Morgan fingerprint density at radius 2 is 2.00 bits per heavy atom. The smallest absolute Gasteiger partial charge is 0.244 e. The molecule has 2 heterocycles. The van der Waals surface area contributed by atoms with E-state index in [1.807, 2.05) is 24.3 Å². The minimum atomic E-state index is -0.997. The van der Waals surface area contributed by atoms with Crippen LogP contribution >= 0.6 is 15.9 Å². The van der Waals surface area contributed by atoms with Gasteiger partial charge in [-0.3, -0.25) is 9.69 Å². The summed E-state index contributed by atoms with van der Waals surface area (Å²) < 4.78 is 0.987. The van der Waals surface area contributed by atoms with Crippen LogP contribution in [-0.4, -0.2) is 36.0 Å². The Bertz CT molecular complexity index is 543. The van der Waals surface area contributed by atoms with Gasteiger partial charge in [0.15, 0.2) is 0 Å². The van der Waals surface area contributed by atoms with Gasteiger partial charge in [0.1, 0.15) is 5.54 Å². The molecule has 2 saturated heterocycles. The van der Waals surface area contributed by atoms with Gasteiger partial charge in [0, 0.05) is 23.1 Å². The van der Waals surface area contributed by atoms with Crippen LogP contribution in [0.2, 0.25) is 0 Å². The van der Waals surface area contributed by atoms with Crippen LogP contribution in [0.1, 0.15) is 38.2 Å². The van der Waals surface area contributed by atoms with Gasteiger partial charge in [0.25, 0.3) is 0 Å². The summed E-state index contributed by atoms with van der Waals surface area (Å²) in [6.45, 7) is 4.05. The second-order valence-corrected chi connectivity index (χ2v) is 7.59. The van der Waals surface area contributed by atoms with Crippen molar-refractivity contribution in [3.8, 4) is 0 Å². The Balaban J connectivity index is 1.69. The minimum absolute atomic E-state index is 0.0766. The zero-order valence-corrected chi connectivity index (χ0v) is 14.6. The lowest BCUT2D eigenvalue weighted by Crippen LogP contribution is -2.55. The van der Waals surface area contributed by atoms with E-state index in [0.29, 0.717) is 6.04 Å². The highest BCUT2D eigenvalue weighted by Crippen LogP contribution is 2.28. The van der Waals surface area contributed by atoms with Crippen LogP contribution in [-0.2, 0) is 10.3 Å². The van der Waals surface area contributed by atoms with Gasteiger partial charge >= 0.3 is 0 Å². The summed E-state index contributed by atoms with van der Waals surface area (Å²) in [5.74, 6) is -0.0766. The number of piperidine rings is 1. The predicted molar refractivity (Wildman–Crippen MR) is 91.4 cm³/mol. The van der Waals surface area contributed by atoms with Crippen LogP contribution in [0.25, 0.3) is 0 Å². The molecule has 1 aromatic carbocycles. The average Bonchev–Trinajstić information content (AvgIpc) is 2.91. The van der Waals surface area contributed by atoms with Crippen molar-refractivity contribution in [3.63, 3.8) is 0 Å². The molecule has 120 valence electrons. The second kappa shape index (κ2) is 6.30. The fraction of sp³-hybridized carbons (Fsp3) is 0.588. The van der Waals surface area contributed by atoms with Gasteiger partial charge in [-0.1, -0.05) is 34.5 Å². The first-order valence-corrected chi connectivity index (χ1v) is 8.88. The van der Waals surface area contributed by atoms with E-state index in [1.54, 1.807) is 6.92 Å². The molecule has 5 heteroatoms. The molecule has 2 aliphatic rings. The zero-order valence-electron chi connectivity index (χ0n) is 13.0. The highest BCUT2D eigenvalue weighted by molar-refractivity contribution is 9.10. The van der Waals surface area contributed by atoms with Crippen LogP contribution in [0.4, 0.5) is 0 Å². The number of nitrogens with two attached hydrogens (primary N) is 1. The van der Waals surface area contributed by atoms with Crippen molar-refractivity contribution in [2.24, 2.45) is 5.73 Å². The summed E-state index contributed by atoms with van der Waals surface area (Å²) in [4.78, 5) is 15.2. The fourth-order valence-corrected chi connectivity index (χ4v) is 3.93. The van der Waals surface area contributed by atoms with E-state index in [9.17, 15) is 4.79 Å². The van der Waals surface area contributed by atoms with E-state index >= 15 is 0 Å². The Labute approximate surface area is 140 Å². The standard InChI is InChI=1S/C17H24BrN3O/c1-17(19,12-5-7-13(18)8-6-12)16(22)20-14-9-11-21-10-3-2-4-15(14)21/h5-8,14-15H,2-4,9-11,19H2,1H3,(H,20,22). The first-order valence-electron chi connectivity index (χ1n) is 8.08. The molecule has 3 N–H and O–H groups in total. The van der Waals surface area contributed by atoms with Crippen LogP contribution in [0.15, 0.2) is 28.7 Å². The van der Waals surface area contributed by atoms with Crippen molar-refractivity contribution in [1.82, 2.24) is 10.2 Å². The van der Waals surface area contributed by atoms with Crippen LogP contribution < -0.4 is 11.1 Å². The number of fused-ring (bicyclic) bond motifs is 1.